The summed E-state index contributed by atoms with van der Waals surface area (Å²) in [5.74, 6) is 0.737. The van der Waals surface area contributed by atoms with E-state index in [2.05, 4.69) is 56.3 Å². The van der Waals surface area contributed by atoms with Crippen LogP contribution in [0.4, 0.5) is 0 Å². The van der Waals surface area contributed by atoms with E-state index in [1.165, 1.54) is 48.4 Å². The Morgan fingerprint density at radius 2 is 1.67 bits per heavy atom. The van der Waals surface area contributed by atoms with Crippen LogP contribution in [0.3, 0.4) is 0 Å². The first-order valence-electron chi connectivity index (χ1n) is 7.33. The van der Waals surface area contributed by atoms with Gasteiger partial charge in [0.15, 0.2) is 0 Å². The van der Waals surface area contributed by atoms with E-state index in [0.29, 0.717) is 0 Å². The molecule has 0 bridgehead atoms. The Labute approximate surface area is 111 Å². The van der Waals surface area contributed by atoms with Crippen molar-refractivity contribution in [2.24, 2.45) is 0 Å². The van der Waals surface area contributed by atoms with Gasteiger partial charge in [0, 0.05) is 0 Å². The summed E-state index contributed by atoms with van der Waals surface area (Å²) in [5, 5.41) is 2.73. The summed E-state index contributed by atoms with van der Waals surface area (Å²) in [7, 11) is 0. The van der Waals surface area contributed by atoms with Crippen LogP contribution in [0, 0.1) is 0 Å². The first kappa shape index (κ1) is 13.1. The van der Waals surface area contributed by atoms with Gasteiger partial charge in [0.2, 0.25) is 0 Å². The zero-order chi connectivity index (χ0) is 12.8. The average Bonchev–Trinajstić information content (AvgIpc) is 2.43. The second kappa shape index (κ2) is 6.58. The number of rotatable bonds is 6. The Kier molecular flexibility index (Phi) is 4.81. The van der Waals surface area contributed by atoms with Gasteiger partial charge in [-0.25, -0.2) is 0 Å². The van der Waals surface area contributed by atoms with E-state index in [0.717, 1.165) is 5.92 Å². The summed E-state index contributed by atoms with van der Waals surface area (Å²) < 4.78 is 0. The predicted molar refractivity (Wildman–Crippen MR) is 81.1 cm³/mol. The maximum absolute atomic E-state index is 2.38. The highest BCUT2D eigenvalue weighted by molar-refractivity contribution is 5.83. The lowest BCUT2D eigenvalue weighted by Crippen LogP contribution is -1.97. The van der Waals surface area contributed by atoms with Gasteiger partial charge >= 0.3 is 0 Å². The molecule has 0 aliphatic rings. The van der Waals surface area contributed by atoms with Crippen LogP contribution >= 0.6 is 0 Å². The second-order valence-electron chi connectivity index (χ2n) is 5.21. The summed E-state index contributed by atoms with van der Waals surface area (Å²) in [6.45, 7) is 4.59. The molecule has 0 spiro atoms. The van der Waals surface area contributed by atoms with E-state index in [1.54, 1.807) is 0 Å². The van der Waals surface area contributed by atoms with Crippen LogP contribution in [-0.4, -0.2) is 0 Å². The van der Waals surface area contributed by atoms with Gasteiger partial charge in [0.25, 0.3) is 0 Å². The van der Waals surface area contributed by atoms with Crippen LogP contribution in [0.15, 0.2) is 42.5 Å². The largest absolute Gasteiger partial charge is 0.0654 e. The molecule has 0 nitrogen and oxygen atoms in total. The molecule has 0 amide bonds. The monoisotopic (exact) mass is 240 g/mol. The van der Waals surface area contributed by atoms with Gasteiger partial charge in [-0.1, -0.05) is 75.6 Å². The highest BCUT2D eigenvalue weighted by atomic mass is 14.1. The molecule has 0 radical (unpaired) electrons. The third-order valence-electron chi connectivity index (χ3n) is 3.89. The average molecular weight is 240 g/mol. The molecule has 2 rings (SSSR count). The van der Waals surface area contributed by atoms with Crippen molar-refractivity contribution in [2.45, 2.75) is 51.9 Å². The number of unbranched alkanes of at least 4 members (excludes halogenated alkanes) is 2. The van der Waals surface area contributed by atoms with Crippen molar-refractivity contribution in [1.29, 1.82) is 0 Å². The molecule has 18 heavy (non-hydrogen) atoms. The van der Waals surface area contributed by atoms with Crippen LogP contribution in [0.1, 0.15) is 57.4 Å². The Morgan fingerprint density at radius 1 is 0.889 bits per heavy atom. The van der Waals surface area contributed by atoms with Gasteiger partial charge in [-0.15, -0.1) is 0 Å². The normalized spacial score (nSPS) is 12.8. The quantitative estimate of drug-likeness (QED) is 0.550. The van der Waals surface area contributed by atoms with Crippen LogP contribution in [0.5, 0.6) is 0 Å². The first-order valence-corrected chi connectivity index (χ1v) is 7.33. The maximum Gasteiger partial charge on any atom is -0.0164 e. The second-order valence-corrected chi connectivity index (χ2v) is 5.21. The van der Waals surface area contributed by atoms with Gasteiger partial charge in [-0.3, -0.25) is 0 Å². The van der Waals surface area contributed by atoms with Gasteiger partial charge in [-0.05, 0) is 35.1 Å². The molecule has 0 saturated carbocycles. The highest BCUT2D eigenvalue weighted by Gasteiger charge is 2.09. The van der Waals surface area contributed by atoms with Gasteiger partial charge in [0.1, 0.15) is 0 Å². The van der Waals surface area contributed by atoms with E-state index in [1.807, 2.05) is 0 Å². The summed E-state index contributed by atoms with van der Waals surface area (Å²) in [6.07, 6.45) is 6.63. The van der Waals surface area contributed by atoms with Crippen molar-refractivity contribution < 1.29 is 0 Å². The molecule has 0 aliphatic heterocycles. The fraction of sp³-hybridized carbons (Fsp3) is 0.444. The van der Waals surface area contributed by atoms with Crippen molar-refractivity contribution in [3.8, 4) is 0 Å². The molecule has 0 heterocycles. The van der Waals surface area contributed by atoms with Crippen molar-refractivity contribution >= 4 is 10.8 Å². The fourth-order valence-corrected chi connectivity index (χ4v) is 2.71. The zero-order valence-corrected chi connectivity index (χ0v) is 11.7. The zero-order valence-electron chi connectivity index (χ0n) is 11.7. The Balaban J connectivity index is 2.17. The van der Waals surface area contributed by atoms with Crippen molar-refractivity contribution in [3.05, 3.63) is 48.0 Å². The van der Waals surface area contributed by atoms with Crippen molar-refractivity contribution in [1.82, 2.24) is 0 Å². The molecule has 0 saturated heterocycles. The lowest BCUT2D eigenvalue weighted by Gasteiger charge is -2.16. The van der Waals surface area contributed by atoms with Crippen LogP contribution in [0.2, 0.25) is 0 Å². The summed E-state index contributed by atoms with van der Waals surface area (Å²) >= 11 is 0. The SMILES string of the molecule is CCCCCC(CC)c1ccc2ccccc2c1. The Morgan fingerprint density at radius 3 is 2.39 bits per heavy atom. The van der Waals surface area contributed by atoms with Gasteiger partial charge < -0.3 is 0 Å². The summed E-state index contributed by atoms with van der Waals surface area (Å²) in [6, 6.07) is 15.6. The molecular weight excluding hydrogens is 216 g/mol. The molecule has 0 aliphatic carbocycles. The molecule has 0 heteroatoms. The summed E-state index contributed by atoms with van der Waals surface area (Å²) in [5.41, 5.74) is 1.52. The Hall–Kier alpha value is -1.30. The topological polar surface area (TPSA) is 0 Å². The lowest BCUT2D eigenvalue weighted by molar-refractivity contribution is 0.554. The standard InChI is InChI=1S/C18H24/c1-3-5-6-9-15(4-2)18-13-12-16-10-7-8-11-17(16)14-18/h7-8,10-15H,3-6,9H2,1-2H3. The van der Waals surface area contributed by atoms with Crippen molar-refractivity contribution in [3.63, 3.8) is 0 Å². The number of hydrogen-bond donors (Lipinski definition) is 0. The first-order chi connectivity index (χ1) is 8.85. The molecule has 2 aromatic carbocycles. The molecule has 1 atom stereocenters. The van der Waals surface area contributed by atoms with E-state index in [9.17, 15) is 0 Å². The fourth-order valence-electron chi connectivity index (χ4n) is 2.71. The van der Waals surface area contributed by atoms with Crippen LogP contribution < -0.4 is 0 Å². The third kappa shape index (κ3) is 3.13. The van der Waals surface area contributed by atoms with Gasteiger partial charge in [-0.2, -0.15) is 0 Å². The number of hydrogen-bond acceptors (Lipinski definition) is 0. The number of benzene rings is 2. The van der Waals surface area contributed by atoms with E-state index < -0.39 is 0 Å². The smallest absolute Gasteiger partial charge is 0.0164 e. The summed E-state index contributed by atoms with van der Waals surface area (Å²) in [4.78, 5) is 0. The molecule has 2 aromatic rings. The number of fused-ring (bicyclic) bond motifs is 1. The molecule has 1 unspecified atom stereocenters. The third-order valence-corrected chi connectivity index (χ3v) is 3.89. The van der Waals surface area contributed by atoms with Crippen molar-refractivity contribution in [2.75, 3.05) is 0 Å². The van der Waals surface area contributed by atoms with Crippen LogP contribution in [-0.2, 0) is 0 Å². The Bertz CT molecular complexity index is 484. The lowest BCUT2D eigenvalue weighted by atomic mass is 9.90. The van der Waals surface area contributed by atoms with E-state index in [-0.39, 0.29) is 0 Å². The minimum atomic E-state index is 0.737. The molecule has 96 valence electrons. The van der Waals surface area contributed by atoms with Gasteiger partial charge in [0.05, 0.1) is 0 Å². The minimum absolute atomic E-state index is 0.737. The predicted octanol–water partition coefficient (Wildman–Crippen LogP) is 5.91. The van der Waals surface area contributed by atoms with Crippen LogP contribution in [0.25, 0.3) is 10.8 Å². The minimum Gasteiger partial charge on any atom is -0.0654 e. The molecule has 0 fully saturated rings. The molecular formula is C18H24. The molecule has 0 N–H and O–H groups in total. The molecule has 0 aromatic heterocycles. The van der Waals surface area contributed by atoms with E-state index >= 15 is 0 Å². The highest BCUT2D eigenvalue weighted by Crippen LogP contribution is 2.28. The maximum atomic E-state index is 2.38. The van der Waals surface area contributed by atoms with E-state index in [4.69, 9.17) is 0 Å².